The molecule has 1 amide bonds. The van der Waals surface area contributed by atoms with Crippen LogP contribution in [0.4, 0.5) is 0 Å². The van der Waals surface area contributed by atoms with Crippen LogP contribution in [0.5, 0.6) is 0 Å². The normalized spacial score (nSPS) is 16.7. The number of hydrogen-bond donors (Lipinski definition) is 2. The molecule has 1 aliphatic heterocycles. The van der Waals surface area contributed by atoms with Gasteiger partial charge in [0.15, 0.2) is 5.96 Å². The Morgan fingerprint density at radius 1 is 1.32 bits per heavy atom. The van der Waals surface area contributed by atoms with Gasteiger partial charge in [-0.3, -0.25) is 9.79 Å². The number of ether oxygens (including phenoxy) is 1. The fourth-order valence-electron chi connectivity index (χ4n) is 2.63. The fourth-order valence-corrected chi connectivity index (χ4v) is 2.63. The van der Waals surface area contributed by atoms with Gasteiger partial charge < -0.3 is 20.3 Å². The zero-order valence-electron chi connectivity index (χ0n) is 14.4. The van der Waals surface area contributed by atoms with Gasteiger partial charge in [-0.05, 0) is 25.2 Å². The summed E-state index contributed by atoms with van der Waals surface area (Å²) in [5.41, 5.74) is 0. The molecule has 0 bridgehead atoms. The first kappa shape index (κ1) is 18.7. The third-order valence-corrected chi connectivity index (χ3v) is 4.05. The summed E-state index contributed by atoms with van der Waals surface area (Å²) in [4.78, 5) is 18.0. The summed E-state index contributed by atoms with van der Waals surface area (Å²) in [6.45, 7) is 6.41. The maximum Gasteiger partial charge on any atom is 0.220 e. The van der Waals surface area contributed by atoms with Gasteiger partial charge in [-0.1, -0.05) is 13.3 Å². The average molecular weight is 312 g/mol. The highest BCUT2D eigenvalue weighted by Gasteiger charge is 2.22. The van der Waals surface area contributed by atoms with E-state index in [1.807, 2.05) is 7.05 Å². The van der Waals surface area contributed by atoms with Crippen LogP contribution in [-0.2, 0) is 9.53 Å². The van der Waals surface area contributed by atoms with E-state index in [9.17, 15) is 4.79 Å². The lowest BCUT2D eigenvalue weighted by Gasteiger charge is -2.34. The van der Waals surface area contributed by atoms with Crippen molar-refractivity contribution in [2.45, 2.75) is 39.0 Å². The molecule has 0 saturated carbocycles. The first-order chi connectivity index (χ1) is 10.7. The third-order valence-electron chi connectivity index (χ3n) is 4.05. The van der Waals surface area contributed by atoms with E-state index >= 15 is 0 Å². The maximum atomic E-state index is 11.4. The first-order valence-corrected chi connectivity index (χ1v) is 8.45. The Bertz CT molecular complexity index is 339. The van der Waals surface area contributed by atoms with Crippen LogP contribution in [0.2, 0.25) is 0 Å². The number of amides is 1. The summed E-state index contributed by atoms with van der Waals surface area (Å²) >= 11 is 0. The standard InChI is InChI=1S/C16H32N4O2/c1-4-5-11-22-12-8-19-16(18-3)20-9-6-14(7-10-20)13-15(21)17-2/h14H,4-13H2,1-3H3,(H,17,21)(H,18,19). The second kappa shape index (κ2) is 11.3. The molecule has 0 spiro atoms. The minimum absolute atomic E-state index is 0.144. The second-order valence-corrected chi connectivity index (χ2v) is 5.75. The minimum atomic E-state index is 0.144. The Morgan fingerprint density at radius 2 is 2.05 bits per heavy atom. The molecule has 0 radical (unpaired) electrons. The quantitative estimate of drug-likeness (QED) is 0.402. The molecule has 6 nitrogen and oxygen atoms in total. The van der Waals surface area contributed by atoms with Crippen LogP contribution < -0.4 is 10.6 Å². The van der Waals surface area contributed by atoms with Crippen LogP contribution >= 0.6 is 0 Å². The largest absolute Gasteiger partial charge is 0.380 e. The molecule has 6 heteroatoms. The monoisotopic (exact) mass is 312 g/mol. The summed E-state index contributed by atoms with van der Waals surface area (Å²) in [6, 6.07) is 0. The van der Waals surface area contributed by atoms with E-state index in [2.05, 4.69) is 27.4 Å². The molecule has 0 aliphatic carbocycles. The van der Waals surface area contributed by atoms with Crippen molar-refractivity contribution < 1.29 is 9.53 Å². The van der Waals surface area contributed by atoms with E-state index in [1.165, 1.54) is 6.42 Å². The van der Waals surface area contributed by atoms with Crippen molar-refractivity contribution in [3.05, 3.63) is 0 Å². The third kappa shape index (κ3) is 7.11. The molecule has 0 atom stereocenters. The Morgan fingerprint density at radius 3 is 2.64 bits per heavy atom. The highest BCUT2D eigenvalue weighted by atomic mass is 16.5. The molecular weight excluding hydrogens is 280 g/mol. The Kier molecular flexibility index (Phi) is 9.62. The topological polar surface area (TPSA) is 66.0 Å². The van der Waals surface area contributed by atoms with Crippen LogP contribution in [-0.4, -0.2) is 63.7 Å². The number of piperidine rings is 1. The van der Waals surface area contributed by atoms with Crippen LogP contribution in [0.15, 0.2) is 4.99 Å². The van der Waals surface area contributed by atoms with Gasteiger partial charge in [-0.15, -0.1) is 0 Å². The molecule has 1 fully saturated rings. The molecule has 0 aromatic heterocycles. The van der Waals surface area contributed by atoms with E-state index in [-0.39, 0.29) is 5.91 Å². The van der Waals surface area contributed by atoms with E-state index in [1.54, 1.807) is 7.05 Å². The molecule has 1 heterocycles. The molecule has 128 valence electrons. The lowest BCUT2D eigenvalue weighted by atomic mass is 9.93. The highest BCUT2D eigenvalue weighted by molar-refractivity contribution is 5.80. The summed E-state index contributed by atoms with van der Waals surface area (Å²) in [7, 11) is 3.52. The first-order valence-electron chi connectivity index (χ1n) is 8.45. The molecule has 22 heavy (non-hydrogen) atoms. The highest BCUT2D eigenvalue weighted by Crippen LogP contribution is 2.20. The predicted molar refractivity (Wildman–Crippen MR) is 90.1 cm³/mol. The van der Waals surface area contributed by atoms with Gasteiger partial charge in [0.05, 0.1) is 6.61 Å². The number of nitrogens with one attached hydrogen (secondary N) is 2. The van der Waals surface area contributed by atoms with Gasteiger partial charge >= 0.3 is 0 Å². The lowest BCUT2D eigenvalue weighted by molar-refractivity contribution is -0.121. The number of aliphatic imine (C=N–C) groups is 1. The van der Waals surface area contributed by atoms with Gasteiger partial charge in [0, 0.05) is 46.8 Å². The predicted octanol–water partition coefficient (Wildman–Crippen LogP) is 1.23. The van der Waals surface area contributed by atoms with E-state index in [0.717, 1.165) is 51.5 Å². The van der Waals surface area contributed by atoms with Crippen molar-refractivity contribution >= 4 is 11.9 Å². The SMILES string of the molecule is CCCCOCCNC(=NC)N1CCC(CC(=O)NC)CC1. The summed E-state index contributed by atoms with van der Waals surface area (Å²) in [5, 5.41) is 6.06. The zero-order valence-corrected chi connectivity index (χ0v) is 14.4. The van der Waals surface area contributed by atoms with Gasteiger partial charge in [0.1, 0.15) is 0 Å². The summed E-state index contributed by atoms with van der Waals surface area (Å²) in [5.74, 6) is 1.58. The van der Waals surface area contributed by atoms with Crippen molar-refractivity contribution in [3.8, 4) is 0 Å². The number of carbonyl (C=O) groups is 1. The van der Waals surface area contributed by atoms with E-state index < -0.39 is 0 Å². The zero-order chi connectivity index (χ0) is 16.2. The number of hydrogen-bond acceptors (Lipinski definition) is 3. The van der Waals surface area contributed by atoms with Crippen LogP contribution in [0, 0.1) is 5.92 Å². The molecule has 1 aliphatic rings. The molecular formula is C16H32N4O2. The van der Waals surface area contributed by atoms with Gasteiger partial charge in [-0.2, -0.15) is 0 Å². The Labute approximate surface area is 134 Å². The molecule has 1 rings (SSSR count). The van der Waals surface area contributed by atoms with Crippen molar-refractivity contribution in [3.63, 3.8) is 0 Å². The van der Waals surface area contributed by atoms with E-state index in [4.69, 9.17) is 4.74 Å². The molecule has 2 N–H and O–H groups in total. The summed E-state index contributed by atoms with van der Waals surface area (Å²) < 4.78 is 5.55. The van der Waals surface area contributed by atoms with Crippen LogP contribution in [0.3, 0.4) is 0 Å². The molecule has 0 unspecified atom stereocenters. The van der Waals surface area contributed by atoms with Gasteiger partial charge in [0.25, 0.3) is 0 Å². The lowest BCUT2D eigenvalue weighted by Crippen LogP contribution is -2.46. The second-order valence-electron chi connectivity index (χ2n) is 5.75. The maximum absolute atomic E-state index is 11.4. The van der Waals surface area contributed by atoms with E-state index in [0.29, 0.717) is 18.9 Å². The van der Waals surface area contributed by atoms with Crippen molar-refractivity contribution in [2.24, 2.45) is 10.9 Å². The number of guanidine groups is 1. The number of carbonyl (C=O) groups excluding carboxylic acids is 1. The van der Waals surface area contributed by atoms with Gasteiger partial charge in [-0.25, -0.2) is 0 Å². The molecule has 1 saturated heterocycles. The smallest absolute Gasteiger partial charge is 0.220 e. The molecule has 0 aromatic carbocycles. The van der Waals surface area contributed by atoms with Crippen molar-refractivity contribution in [2.75, 3.05) is 46.9 Å². The van der Waals surface area contributed by atoms with Crippen molar-refractivity contribution in [1.82, 2.24) is 15.5 Å². The molecule has 0 aromatic rings. The fraction of sp³-hybridized carbons (Fsp3) is 0.875. The number of unbranched alkanes of at least 4 members (excludes halogenated alkanes) is 1. The minimum Gasteiger partial charge on any atom is -0.380 e. The Hall–Kier alpha value is -1.30. The number of rotatable bonds is 8. The van der Waals surface area contributed by atoms with Crippen LogP contribution in [0.1, 0.15) is 39.0 Å². The van der Waals surface area contributed by atoms with Crippen molar-refractivity contribution in [1.29, 1.82) is 0 Å². The number of nitrogens with zero attached hydrogens (tertiary/aromatic N) is 2. The van der Waals surface area contributed by atoms with Crippen LogP contribution in [0.25, 0.3) is 0 Å². The summed E-state index contributed by atoms with van der Waals surface area (Å²) in [6.07, 6.45) is 5.01. The van der Waals surface area contributed by atoms with Gasteiger partial charge in [0.2, 0.25) is 5.91 Å². The number of likely N-dealkylation sites (tertiary alicyclic amines) is 1. The Balaban J connectivity index is 2.21. The average Bonchev–Trinajstić information content (AvgIpc) is 2.55.